The molecule has 3 aromatic rings. The Labute approximate surface area is 182 Å². The molecule has 1 atom stereocenters. The van der Waals surface area contributed by atoms with E-state index in [4.69, 9.17) is 4.74 Å². The fourth-order valence-electron chi connectivity index (χ4n) is 3.96. The zero-order chi connectivity index (χ0) is 21.7. The highest BCUT2D eigenvalue weighted by Gasteiger charge is 2.39. The lowest BCUT2D eigenvalue weighted by Gasteiger charge is -2.22. The predicted molar refractivity (Wildman–Crippen MR) is 109 cm³/mol. The number of fused-ring (bicyclic) bond motifs is 2. The van der Waals surface area contributed by atoms with Crippen molar-refractivity contribution in [1.82, 2.24) is 24.1 Å². The van der Waals surface area contributed by atoms with Crippen LogP contribution in [0.1, 0.15) is 22.5 Å². The van der Waals surface area contributed by atoms with Crippen LogP contribution in [0.2, 0.25) is 0 Å². The Bertz CT molecular complexity index is 1270. The van der Waals surface area contributed by atoms with Gasteiger partial charge in [0.2, 0.25) is 5.91 Å². The first-order valence-corrected chi connectivity index (χ1v) is 10.3. The second kappa shape index (κ2) is 7.54. The van der Waals surface area contributed by atoms with Crippen LogP contribution < -0.4 is 10.9 Å². The topological polar surface area (TPSA) is 111 Å². The van der Waals surface area contributed by atoms with Gasteiger partial charge in [-0.3, -0.25) is 14.4 Å². The number of carbonyl (C=O) groups excluding carboxylic acids is 2. The first-order valence-electron chi connectivity index (χ1n) is 9.53. The highest BCUT2D eigenvalue weighted by molar-refractivity contribution is 9.10. The Morgan fingerprint density at radius 3 is 2.90 bits per heavy atom. The van der Waals surface area contributed by atoms with Crippen molar-refractivity contribution in [3.63, 3.8) is 0 Å². The summed E-state index contributed by atoms with van der Waals surface area (Å²) in [5.41, 5.74) is 0.352. The quantitative estimate of drug-likeness (QED) is 0.587. The number of carbonyl (C=O) groups is 2. The van der Waals surface area contributed by atoms with Gasteiger partial charge in [-0.05, 0) is 34.5 Å². The molecule has 12 heteroatoms. The van der Waals surface area contributed by atoms with E-state index in [-0.39, 0.29) is 42.1 Å². The van der Waals surface area contributed by atoms with Gasteiger partial charge >= 0.3 is 0 Å². The average Bonchev–Trinajstić information content (AvgIpc) is 3.46. The van der Waals surface area contributed by atoms with Gasteiger partial charge in [-0.15, -0.1) is 0 Å². The minimum absolute atomic E-state index is 0.121. The number of aromatic nitrogens is 4. The molecule has 31 heavy (non-hydrogen) atoms. The molecule has 3 aromatic heterocycles. The summed E-state index contributed by atoms with van der Waals surface area (Å²) in [6.45, 7) is 0.839. The molecule has 0 unspecified atom stereocenters. The van der Waals surface area contributed by atoms with Gasteiger partial charge in [-0.2, -0.15) is 9.61 Å². The van der Waals surface area contributed by atoms with Crippen LogP contribution in [0.15, 0.2) is 33.8 Å². The maximum Gasteiger partial charge on any atom is 0.280 e. The number of hydrogen-bond donors (Lipinski definition) is 1. The largest absolute Gasteiger partial charge is 0.379 e. The Morgan fingerprint density at radius 2 is 2.19 bits per heavy atom. The molecule has 0 bridgehead atoms. The lowest BCUT2D eigenvalue weighted by molar-refractivity contribution is -0.116. The maximum atomic E-state index is 13.3. The van der Waals surface area contributed by atoms with Crippen molar-refractivity contribution < 1.29 is 18.7 Å². The Balaban J connectivity index is 1.55. The van der Waals surface area contributed by atoms with Crippen LogP contribution in [0.4, 0.5) is 10.2 Å². The minimum Gasteiger partial charge on any atom is -0.379 e. The van der Waals surface area contributed by atoms with Crippen LogP contribution in [0.25, 0.3) is 5.65 Å². The van der Waals surface area contributed by atoms with E-state index in [0.29, 0.717) is 29.9 Å². The smallest absolute Gasteiger partial charge is 0.280 e. The molecule has 0 aliphatic carbocycles. The van der Waals surface area contributed by atoms with Crippen LogP contribution in [-0.4, -0.2) is 55.1 Å². The fraction of sp³-hybridized carbons (Fsp3) is 0.316. The fourth-order valence-corrected chi connectivity index (χ4v) is 4.32. The van der Waals surface area contributed by atoms with E-state index in [1.807, 2.05) is 0 Å². The summed E-state index contributed by atoms with van der Waals surface area (Å²) in [5, 5.41) is 6.73. The van der Waals surface area contributed by atoms with Gasteiger partial charge in [0.05, 0.1) is 31.0 Å². The summed E-state index contributed by atoms with van der Waals surface area (Å²) < 4.78 is 21.5. The lowest BCUT2D eigenvalue weighted by Crippen LogP contribution is -2.36. The van der Waals surface area contributed by atoms with E-state index in [1.54, 1.807) is 11.0 Å². The number of nitrogens with one attached hydrogen (secondary N) is 1. The minimum atomic E-state index is -0.524. The van der Waals surface area contributed by atoms with E-state index in [2.05, 4.69) is 31.3 Å². The van der Waals surface area contributed by atoms with E-state index in [9.17, 15) is 18.8 Å². The molecule has 10 nitrogen and oxygen atoms in total. The van der Waals surface area contributed by atoms with Gasteiger partial charge in [0, 0.05) is 12.7 Å². The Morgan fingerprint density at radius 1 is 1.35 bits per heavy atom. The summed E-state index contributed by atoms with van der Waals surface area (Å²) in [6, 6.07) is 3.96. The highest BCUT2D eigenvalue weighted by atomic mass is 79.9. The third-order valence-electron chi connectivity index (χ3n) is 5.38. The number of hydrogen-bond acceptors (Lipinski definition) is 6. The second-order valence-corrected chi connectivity index (χ2v) is 8.13. The first-order chi connectivity index (χ1) is 14.9. The molecule has 0 spiro atoms. The van der Waals surface area contributed by atoms with Crippen molar-refractivity contribution in [2.24, 2.45) is 0 Å². The molecule has 0 radical (unpaired) electrons. The van der Waals surface area contributed by atoms with E-state index in [1.165, 1.54) is 21.2 Å². The number of nitrogens with zero attached hydrogens (tertiary/aromatic N) is 5. The number of pyridine rings is 1. The molecule has 2 amide bonds. The van der Waals surface area contributed by atoms with Crippen LogP contribution in [0.5, 0.6) is 0 Å². The number of halogens is 2. The molecule has 0 saturated carbocycles. The molecule has 160 valence electrons. The maximum absolute atomic E-state index is 13.3. The monoisotopic (exact) mass is 490 g/mol. The molecule has 1 saturated heterocycles. The zero-order valence-electron chi connectivity index (χ0n) is 16.0. The van der Waals surface area contributed by atoms with Gasteiger partial charge in [0.15, 0.2) is 0 Å². The predicted octanol–water partition coefficient (Wildman–Crippen LogP) is 1.18. The number of amides is 2. The van der Waals surface area contributed by atoms with Crippen molar-refractivity contribution in [2.75, 3.05) is 18.5 Å². The van der Waals surface area contributed by atoms with Crippen molar-refractivity contribution in [3.8, 4) is 0 Å². The van der Waals surface area contributed by atoms with E-state index < -0.39 is 17.3 Å². The van der Waals surface area contributed by atoms with Crippen LogP contribution in [-0.2, 0) is 22.6 Å². The van der Waals surface area contributed by atoms with Crippen molar-refractivity contribution in [1.29, 1.82) is 0 Å². The molecule has 0 aromatic carbocycles. The van der Waals surface area contributed by atoms with Crippen molar-refractivity contribution >= 4 is 39.2 Å². The van der Waals surface area contributed by atoms with Gasteiger partial charge in [0.1, 0.15) is 34.1 Å². The molecular weight excluding hydrogens is 475 g/mol. The number of anilines is 1. The van der Waals surface area contributed by atoms with Crippen LogP contribution in [0, 0.1) is 5.82 Å². The third-order valence-corrected chi connectivity index (χ3v) is 5.77. The lowest BCUT2D eigenvalue weighted by atomic mass is 10.2. The van der Waals surface area contributed by atoms with E-state index >= 15 is 0 Å². The van der Waals surface area contributed by atoms with Crippen LogP contribution in [0.3, 0.4) is 0 Å². The first kappa shape index (κ1) is 19.8. The van der Waals surface area contributed by atoms with Crippen LogP contribution >= 0.6 is 15.9 Å². The number of rotatable bonds is 4. The summed E-state index contributed by atoms with van der Waals surface area (Å²) in [6.07, 6.45) is 1.68. The SMILES string of the molecule is O=C(Cn1c2c(c(=O)n3nc(Br)cc13)CN([C@H]1CCOC1)C2=O)Nc1ccc(F)cn1. The molecule has 5 rings (SSSR count). The van der Waals surface area contributed by atoms with E-state index in [0.717, 1.165) is 6.20 Å². The Hall–Kier alpha value is -3.12. The molecule has 1 fully saturated rings. The molecule has 2 aliphatic heterocycles. The van der Waals surface area contributed by atoms with Gasteiger partial charge in [-0.1, -0.05) is 0 Å². The molecular formula is C19H16BrFN6O4. The van der Waals surface area contributed by atoms with Gasteiger partial charge in [-0.25, -0.2) is 9.37 Å². The standard InChI is InChI=1S/C19H16BrFN6O4/c20-13-5-16-26(8-15(28)23-14-2-1-10(21)6-22-14)17-12(18(29)27(16)24-13)7-25(19(17)30)11-3-4-31-9-11/h1-2,5-6,11H,3-4,7-9H2,(H,22,23,28)/t11-/m0/s1. The van der Waals surface area contributed by atoms with Crippen molar-refractivity contribution in [2.45, 2.75) is 25.6 Å². The number of ether oxygens (including phenoxy) is 1. The summed E-state index contributed by atoms with van der Waals surface area (Å²) in [5.74, 6) is -1.16. The normalized spacial score (nSPS) is 18.1. The van der Waals surface area contributed by atoms with Gasteiger partial charge in [0.25, 0.3) is 11.5 Å². The van der Waals surface area contributed by atoms with Gasteiger partial charge < -0.3 is 19.5 Å². The third kappa shape index (κ3) is 3.41. The average molecular weight is 491 g/mol. The second-order valence-electron chi connectivity index (χ2n) is 7.32. The summed E-state index contributed by atoms with van der Waals surface area (Å²) >= 11 is 3.25. The molecule has 1 N–H and O–H groups in total. The van der Waals surface area contributed by atoms with Crippen molar-refractivity contribution in [3.05, 3.63) is 56.4 Å². The molecule has 2 aliphatic rings. The summed E-state index contributed by atoms with van der Waals surface area (Å²) in [4.78, 5) is 44.4. The zero-order valence-corrected chi connectivity index (χ0v) is 17.6. The molecule has 5 heterocycles. The Kier molecular flexibility index (Phi) is 4.82. The summed E-state index contributed by atoms with van der Waals surface area (Å²) in [7, 11) is 0. The highest BCUT2D eigenvalue weighted by Crippen LogP contribution is 2.27.